The van der Waals surface area contributed by atoms with Gasteiger partial charge in [0, 0.05) is 0 Å². The van der Waals surface area contributed by atoms with E-state index >= 15 is 0 Å². The summed E-state index contributed by atoms with van der Waals surface area (Å²) < 4.78 is 18.1. The molecule has 2 N–H and O–H groups in total. The van der Waals surface area contributed by atoms with Gasteiger partial charge in [0.2, 0.25) is 0 Å². The monoisotopic (exact) mass is 319 g/mol. The molecule has 0 aliphatic carbocycles. The fourth-order valence-corrected chi connectivity index (χ4v) is 1.60. The number of benzene rings is 1. The van der Waals surface area contributed by atoms with Crippen molar-refractivity contribution in [1.82, 2.24) is 5.32 Å². The third-order valence-corrected chi connectivity index (χ3v) is 2.78. The third kappa shape index (κ3) is 3.27. The second-order valence-corrected chi connectivity index (χ2v) is 4.19. The van der Waals surface area contributed by atoms with Crippen LogP contribution >= 0.6 is 15.9 Å². The predicted octanol–water partition coefficient (Wildman–Crippen LogP) is 0.852. The molecule has 1 aromatic rings. The first-order chi connectivity index (χ1) is 8.51. The van der Waals surface area contributed by atoms with Crippen LogP contribution in [0.3, 0.4) is 0 Å². The quantitative estimate of drug-likeness (QED) is 0.807. The summed E-state index contributed by atoms with van der Waals surface area (Å²) in [5.41, 5.74) is -0.230. The lowest BCUT2D eigenvalue weighted by Crippen LogP contribution is -2.44. The first kappa shape index (κ1) is 14.6. The van der Waals surface area contributed by atoms with Crippen LogP contribution in [0.25, 0.3) is 0 Å². The number of halogens is 2. The molecule has 0 aromatic heterocycles. The van der Waals surface area contributed by atoms with Crippen molar-refractivity contribution in [1.29, 1.82) is 0 Å². The minimum absolute atomic E-state index is 0.133. The Morgan fingerprint density at radius 3 is 2.78 bits per heavy atom. The molecule has 1 rings (SSSR count). The molecule has 0 saturated heterocycles. The van der Waals surface area contributed by atoms with E-state index in [2.05, 4.69) is 26.0 Å². The number of methoxy groups -OCH3 is 1. The molecule has 0 heterocycles. The Kier molecular flexibility index (Phi) is 5.24. The summed E-state index contributed by atoms with van der Waals surface area (Å²) in [5, 5.41) is 11.1. The van der Waals surface area contributed by atoms with Crippen LogP contribution in [0, 0.1) is 5.82 Å². The zero-order chi connectivity index (χ0) is 13.7. The van der Waals surface area contributed by atoms with Gasteiger partial charge >= 0.3 is 5.97 Å². The SMILES string of the molecule is COC(=O)C(CO)NC(=O)c1cccc(Br)c1F. The van der Waals surface area contributed by atoms with Crippen molar-refractivity contribution in [2.45, 2.75) is 6.04 Å². The van der Waals surface area contributed by atoms with Crippen LogP contribution in [0.1, 0.15) is 10.4 Å². The van der Waals surface area contributed by atoms with Gasteiger partial charge in [0.1, 0.15) is 5.82 Å². The summed E-state index contributed by atoms with van der Waals surface area (Å²) in [6, 6.07) is 2.96. The number of ether oxygens (including phenoxy) is 1. The molecule has 5 nitrogen and oxygen atoms in total. The Balaban J connectivity index is 2.88. The zero-order valence-electron chi connectivity index (χ0n) is 9.44. The molecule has 0 radical (unpaired) electrons. The highest BCUT2D eigenvalue weighted by Crippen LogP contribution is 2.18. The Bertz CT molecular complexity index is 466. The van der Waals surface area contributed by atoms with Gasteiger partial charge in [-0.05, 0) is 28.1 Å². The summed E-state index contributed by atoms with van der Waals surface area (Å²) in [4.78, 5) is 22.9. The van der Waals surface area contributed by atoms with Gasteiger partial charge in [-0.2, -0.15) is 0 Å². The summed E-state index contributed by atoms with van der Waals surface area (Å²) >= 11 is 2.94. The van der Waals surface area contributed by atoms with Crippen LogP contribution in [0.15, 0.2) is 22.7 Å². The second kappa shape index (κ2) is 6.46. The van der Waals surface area contributed by atoms with E-state index in [1.807, 2.05) is 0 Å². The maximum atomic E-state index is 13.6. The Labute approximate surface area is 111 Å². The number of esters is 1. The molecule has 0 aliphatic rings. The summed E-state index contributed by atoms with van der Waals surface area (Å²) in [7, 11) is 1.12. The maximum absolute atomic E-state index is 13.6. The lowest BCUT2D eigenvalue weighted by atomic mass is 10.2. The molecular formula is C11H11BrFNO4. The molecule has 1 aromatic carbocycles. The predicted molar refractivity (Wildman–Crippen MR) is 64.5 cm³/mol. The van der Waals surface area contributed by atoms with Gasteiger partial charge in [-0.15, -0.1) is 0 Å². The number of carbonyl (C=O) groups is 2. The smallest absolute Gasteiger partial charge is 0.330 e. The normalized spacial score (nSPS) is 11.8. The van der Waals surface area contributed by atoms with Gasteiger partial charge in [-0.25, -0.2) is 9.18 Å². The fourth-order valence-electron chi connectivity index (χ4n) is 1.24. The van der Waals surface area contributed by atoms with E-state index in [1.165, 1.54) is 18.2 Å². The van der Waals surface area contributed by atoms with E-state index in [4.69, 9.17) is 5.11 Å². The van der Waals surface area contributed by atoms with Gasteiger partial charge in [0.25, 0.3) is 5.91 Å². The van der Waals surface area contributed by atoms with Crippen LogP contribution in [-0.2, 0) is 9.53 Å². The Morgan fingerprint density at radius 2 is 2.22 bits per heavy atom. The molecular weight excluding hydrogens is 309 g/mol. The molecule has 0 bridgehead atoms. The summed E-state index contributed by atoms with van der Waals surface area (Å²) in [6.45, 7) is -0.631. The van der Waals surface area contributed by atoms with Crippen LogP contribution in [0.2, 0.25) is 0 Å². The van der Waals surface area contributed by atoms with E-state index in [-0.39, 0.29) is 10.0 Å². The highest BCUT2D eigenvalue weighted by molar-refractivity contribution is 9.10. The first-order valence-electron chi connectivity index (χ1n) is 4.94. The van der Waals surface area contributed by atoms with E-state index < -0.39 is 30.3 Å². The van der Waals surface area contributed by atoms with Crippen molar-refractivity contribution in [2.75, 3.05) is 13.7 Å². The van der Waals surface area contributed by atoms with Gasteiger partial charge in [0.05, 0.1) is 23.8 Å². The van der Waals surface area contributed by atoms with Gasteiger partial charge < -0.3 is 15.2 Å². The molecule has 0 spiro atoms. The van der Waals surface area contributed by atoms with E-state index in [0.29, 0.717) is 0 Å². The lowest BCUT2D eigenvalue weighted by Gasteiger charge is -2.14. The van der Waals surface area contributed by atoms with Gasteiger partial charge in [-0.1, -0.05) is 6.07 Å². The standard InChI is InChI=1S/C11H11BrFNO4/c1-18-11(17)8(5-15)14-10(16)6-3-2-4-7(12)9(6)13/h2-4,8,15H,5H2,1H3,(H,14,16). The van der Waals surface area contributed by atoms with E-state index in [9.17, 15) is 14.0 Å². The van der Waals surface area contributed by atoms with Crippen molar-refractivity contribution in [3.05, 3.63) is 34.1 Å². The van der Waals surface area contributed by atoms with Gasteiger partial charge in [-0.3, -0.25) is 4.79 Å². The summed E-state index contributed by atoms with van der Waals surface area (Å²) in [6.07, 6.45) is 0. The Morgan fingerprint density at radius 1 is 1.56 bits per heavy atom. The number of nitrogens with one attached hydrogen (secondary N) is 1. The van der Waals surface area contributed by atoms with Crippen molar-refractivity contribution in [2.24, 2.45) is 0 Å². The lowest BCUT2D eigenvalue weighted by molar-refractivity contribution is -0.143. The number of aliphatic hydroxyl groups is 1. The number of carbonyl (C=O) groups excluding carboxylic acids is 2. The van der Waals surface area contributed by atoms with E-state index in [1.54, 1.807) is 0 Å². The largest absolute Gasteiger partial charge is 0.467 e. The highest BCUT2D eigenvalue weighted by Gasteiger charge is 2.23. The third-order valence-electron chi connectivity index (χ3n) is 2.17. The number of rotatable bonds is 4. The minimum atomic E-state index is -1.22. The van der Waals surface area contributed by atoms with Crippen LogP contribution < -0.4 is 5.32 Å². The minimum Gasteiger partial charge on any atom is -0.467 e. The molecule has 0 saturated carbocycles. The fraction of sp³-hybridized carbons (Fsp3) is 0.273. The molecule has 0 fully saturated rings. The molecule has 1 atom stereocenters. The van der Waals surface area contributed by atoms with Crippen molar-refractivity contribution in [3.63, 3.8) is 0 Å². The number of aliphatic hydroxyl groups excluding tert-OH is 1. The average Bonchev–Trinajstić information content (AvgIpc) is 2.37. The van der Waals surface area contributed by atoms with Crippen molar-refractivity contribution >= 4 is 27.8 Å². The topological polar surface area (TPSA) is 75.6 Å². The number of amides is 1. The van der Waals surface area contributed by atoms with Crippen LogP contribution in [0.5, 0.6) is 0 Å². The maximum Gasteiger partial charge on any atom is 0.330 e. The van der Waals surface area contributed by atoms with E-state index in [0.717, 1.165) is 7.11 Å². The zero-order valence-corrected chi connectivity index (χ0v) is 11.0. The average molecular weight is 320 g/mol. The molecule has 0 aliphatic heterocycles. The Hall–Kier alpha value is -1.47. The summed E-state index contributed by atoms with van der Waals surface area (Å²) in [5.74, 6) is -2.35. The molecule has 7 heteroatoms. The van der Waals surface area contributed by atoms with Crippen LogP contribution in [-0.4, -0.2) is 36.7 Å². The number of hydrogen-bond acceptors (Lipinski definition) is 4. The molecule has 1 unspecified atom stereocenters. The first-order valence-corrected chi connectivity index (χ1v) is 5.74. The van der Waals surface area contributed by atoms with Crippen molar-refractivity contribution in [3.8, 4) is 0 Å². The highest BCUT2D eigenvalue weighted by atomic mass is 79.9. The van der Waals surface area contributed by atoms with Crippen molar-refractivity contribution < 1.29 is 23.8 Å². The van der Waals surface area contributed by atoms with Gasteiger partial charge in [0.15, 0.2) is 6.04 Å². The molecule has 98 valence electrons. The van der Waals surface area contributed by atoms with Crippen LogP contribution in [0.4, 0.5) is 4.39 Å². The molecule has 18 heavy (non-hydrogen) atoms. The molecule has 1 amide bonds. The second-order valence-electron chi connectivity index (χ2n) is 3.33. The number of hydrogen-bond donors (Lipinski definition) is 2.